The van der Waals surface area contributed by atoms with Gasteiger partial charge in [0.2, 0.25) is 0 Å². The van der Waals surface area contributed by atoms with Crippen LogP contribution in [0.3, 0.4) is 0 Å². The summed E-state index contributed by atoms with van der Waals surface area (Å²) in [6, 6.07) is 6.41. The Balaban J connectivity index is 1.76. The van der Waals surface area contributed by atoms with Crippen LogP contribution in [0.1, 0.15) is 23.3 Å². The number of aryl methyl sites for hydroxylation is 2. The van der Waals surface area contributed by atoms with Crippen LogP contribution in [-0.4, -0.2) is 31.7 Å². The second-order valence-electron chi connectivity index (χ2n) is 6.00. The van der Waals surface area contributed by atoms with Gasteiger partial charge in [-0.15, -0.1) is 0 Å². The summed E-state index contributed by atoms with van der Waals surface area (Å²) in [5.41, 5.74) is 3.59. The fourth-order valence-electron chi connectivity index (χ4n) is 3.17. The first-order chi connectivity index (χ1) is 9.67. The molecule has 2 aromatic rings. The third kappa shape index (κ3) is 2.60. The number of hydrogen-bond acceptors (Lipinski definition) is 3. The Bertz CT molecular complexity index is 602. The highest BCUT2D eigenvalue weighted by Gasteiger charge is 2.24. The van der Waals surface area contributed by atoms with E-state index in [1.54, 1.807) is 7.11 Å². The third-order valence-corrected chi connectivity index (χ3v) is 4.33. The van der Waals surface area contributed by atoms with Gasteiger partial charge in [0.25, 0.3) is 0 Å². The quantitative estimate of drug-likeness (QED) is 0.852. The predicted octanol–water partition coefficient (Wildman–Crippen LogP) is 3.52. The summed E-state index contributed by atoms with van der Waals surface area (Å²) >= 11 is 0. The zero-order valence-electron chi connectivity index (χ0n) is 12.6. The van der Waals surface area contributed by atoms with Crippen LogP contribution >= 0.6 is 0 Å². The number of likely N-dealkylation sites (tertiary alicyclic amines) is 1. The van der Waals surface area contributed by atoms with Gasteiger partial charge in [-0.25, -0.2) is 0 Å². The molecule has 0 N–H and O–H groups in total. The predicted molar refractivity (Wildman–Crippen MR) is 80.9 cm³/mol. The molecule has 0 aliphatic carbocycles. The highest BCUT2D eigenvalue weighted by molar-refractivity contribution is 5.82. The molecule has 108 valence electrons. The second-order valence-corrected chi connectivity index (χ2v) is 6.00. The smallest absolute Gasteiger partial charge is 0.134 e. The molecule has 0 amide bonds. The maximum absolute atomic E-state index is 6.04. The summed E-state index contributed by atoms with van der Waals surface area (Å²) in [6.45, 7) is 8.34. The Hall–Kier alpha value is -1.32. The molecule has 1 aromatic heterocycles. The molecule has 3 heteroatoms. The first kappa shape index (κ1) is 13.7. The molecule has 1 aromatic carbocycles. The number of methoxy groups -OCH3 is 1. The number of hydrogen-bond donors (Lipinski definition) is 0. The number of furan rings is 1. The van der Waals surface area contributed by atoms with Gasteiger partial charge in [0.15, 0.2) is 0 Å². The van der Waals surface area contributed by atoms with Gasteiger partial charge in [-0.05, 0) is 50.4 Å². The topological polar surface area (TPSA) is 25.6 Å². The van der Waals surface area contributed by atoms with E-state index in [-0.39, 0.29) is 0 Å². The Labute approximate surface area is 120 Å². The van der Waals surface area contributed by atoms with E-state index in [0.29, 0.717) is 5.92 Å². The summed E-state index contributed by atoms with van der Waals surface area (Å²) in [7, 11) is 1.79. The largest absolute Gasteiger partial charge is 0.459 e. The molecular formula is C17H23NO2. The SMILES string of the molecule is COCC1CCN(Cc2oc3ccc(C)cc3c2C)C1. The van der Waals surface area contributed by atoms with Crippen LogP contribution in [0.5, 0.6) is 0 Å². The normalized spacial score (nSPS) is 20.1. The molecular weight excluding hydrogens is 250 g/mol. The minimum absolute atomic E-state index is 0.673. The summed E-state index contributed by atoms with van der Waals surface area (Å²) in [6.07, 6.45) is 1.23. The van der Waals surface area contributed by atoms with Crippen molar-refractivity contribution in [2.24, 2.45) is 5.92 Å². The Morgan fingerprint density at radius 3 is 3.00 bits per heavy atom. The van der Waals surface area contributed by atoms with Crippen molar-refractivity contribution in [1.82, 2.24) is 4.90 Å². The van der Waals surface area contributed by atoms with E-state index < -0.39 is 0 Å². The van der Waals surface area contributed by atoms with Crippen LogP contribution in [0.25, 0.3) is 11.0 Å². The van der Waals surface area contributed by atoms with Crippen molar-refractivity contribution in [3.63, 3.8) is 0 Å². The number of benzene rings is 1. The van der Waals surface area contributed by atoms with E-state index in [4.69, 9.17) is 9.15 Å². The van der Waals surface area contributed by atoms with Crippen LogP contribution in [0.4, 0.5) is 0 Å². The molecule has 0 spiro atoms. The van der Waals surface area contributed by atoms with Crippen molar-refractivity contribution in [2.75, 3.05) is 26.8 Å². The summed E-state index contributed by atoms with van der Waals surface area (Å²) < 4.78 is 11.3. The Morgan fingerprint density at radius 1 is 1.35 bits per heavy atom. The van der Waals surface area contributed by atoms with Crippen LogP contribution in [-0.2, 0) is 11.3 Å². The fourth-order valence-corrected chi connectivity index (χ4v) is 3.17. The lowest BCUT2D eigenvalue weighted by Gasteiger charge is -2.14. The van der Waals surface area contributed by atoms with Crippen LogP contribution in [0.2, 0.25) is 0 Å². The lowest BCUT2D eigenvalue weighted by Crippen LogP contribution is -2.21. The van der Waals surface area contributed by atoms with E-state index in [2.05, 4.69) is 36.9 Å². The van der Waals surface area contributed by atoms with Crippen LogP contribution in [0.15, 0.2) is 22.6 Å². The van der Waals surface area contributed by atoms with E-state index in [1.165, 1.54) is 22.9 Å². The second kappa shape index (κ2) is 5.58. The molecule has 1 atom stereocenters. The van der Waals surface area contributed by atoms with Gasteiger partial charge >= 0.3 is 0 Å². The lowest BCUT2D eigenvalue weighted by atomic mass is 10.1. The number of ether oxygens (including phenoxy) is 1. The molecule has 1 aliphatic rings. The average Bonchev–Trinajstić information content (AvgIpc) is 2.98. The van der Waals surface area contributed by atoms with Gasteiger partial charge in [0.05, 0.1) is 13.2 Å². The minimum Gasteiger partial charge on any atom is -0.459 e. The van der Waals surface area contributed by atoms with Gasteiger partial charge in [-0.2, -0.15) is 0 Å². The molecule has 3 nitrogen and oxygen atoms in total. The molecule has 1 saturated heterocycles. The molecule has 1 fully saturated rings. The molecule has 0 saturated carbocycles. The highest BCUT2D eigenvalue weighted by atomic mass is 16.5. The Morgan fingerprint density at radius 2 is 2.20 bits per heavy atom. The monoisotopic (exact) mass is 273 g/mol. The first-order valence-electron chi connectivity index (χ1n) is 7.37. The van der Waals surface area contributed by atoms with Crippen molar-refractivity contribution >= 4 is 11.0 Å². The van der Waals surface area contributed by atoms with Gasteiger partial charge in [0.1, 0.15) is 11.3 Å². The standard InChI is InChI=1S/C17H23NO2/c1-12-4-5-16-15(8-12)13(2)17(20-16)10-18-7-6-14(9-18)11-19-3/h4-5,8,14H,6-7,9-11H2,1-3H3. The Kier molecular flexibility index (Phi) is 3.81. The average molecular weight is 273 g/mol. The molecule has 20 heavy (non-hydrogen) atoms. The fraction of sp³-hybridized carbons (Fsp3) is 0.529. The van der Waals surface area contributed by atoms with Crippen LogP contribution in [0, 0.1) is 19.8 Å². The number of fused-ring (bicyclic) bond motifs is 1. The van der Waals surface area contributed by atoms with E-state index in [9.17, 15) is 0 Å². The van der Waals surface area contributed by atoms with Gasteiger partial charge in [0, 0.05) is 19.0 Å². The van der Waals surface area contributed by atoms with E-state index in [1.807, 2.05) is 0 Å². The van der Waals surface area contributed by atoms with Crippen molar-refractivity contribution < 1.29 is 9.15 Å². The van der Waals surface area contributed by atoms with Gasteiger partial charge < -0.3 is 9.15 Å². The lowest BCUT2D eigenvalue weighted by molar-refractivity contribution is 0.152. The number of rotatable bonds is 4. The molecule has 1 unspecified atom stereocenters. The van der Waals surface area contributed by atoms with E-state index >= 15 is 0 Å². The molecule has 1 aliphatic heterocycles. The highest BCUT2D eigenvalue weighted by Crippen LogP contribution is 2.28. The maximum atomic E-state index is 6.04. The van der Waals surface area contributed by atoms with Gasteiger partial charge in [-0.1, -0.05) is 11.6 Å². The number of nitrogens with zero attached hydrogens (tertiary/aromatic N) is 1. The first-order valence-corrected chi connectivity index (χ1v) is 7.37. The zero-order valence-corrected chi connectivity index (χ0v) is 12.6. The van der Waals surface area contributed by atoms with Crippen molar-refractivity contribution in [3.05, 3.63) is 35.1 Å². The van der Waals surface area contributed by atoms with Gasteiger partial charge in [-0.3, -0.25) is 4.90 Å². The van der Waals surface area contributed by atoms with Crippen LogP contribution < -0.4 is 0 Å². The summed E-state index contributed by atoms with van der Waals surface area (Å²) in [5.74, 6) is 1.79. The zero-order chi connectivity index (χ0) is 14.1. The molecule has 0 bridgehead atoms. The van der Waals surface area contributed by atoms with Crippen molar-refractivity contribution in [3.8, 4) is 0 Å². The van der Waals surface area contributed by atoms with Crippen molar-refractivity contribution in [1.29, 1.82) is 0 Å². The van der Waals surface area contributed by atoms with Crippen molar-refractivity contribution in [2.45, 2.75) is 26.8 Å². The molecule has 0 radical (unpaired) electrons. The third-order valence-electron chi connectivity index (χ3n) is 4.33. The minimum atomic E-state index is 0.673. The molecule has 3 rings (SSSR count). The summed E-state index contributed by atoms with van der Waals surface area (Å²) in [4.78, 5) is 2.47. The maximum Gasteiger partial charge on any atom is 0.134 e. The van der Waals surface area contributed by atoms with E-state index in [0.717, 1.165) is 37.6 Å². The molecule has 2 heterocycles. The summed E-state index contributed by atoms with van der Waals surface area (Å²) in [5, 5.41) is 1.26.